The average Bonchev–Trinajstić information content (AvgIpc) is 2.75. The van der Waals surface area contributed by atoms with Crippen LogP contribution in [0.15, 0.2) is 16.6 Å². The van der Waals surface area contributed by atoms with Crippen LogP contribution in [-0.2, 0) is 6.42 Å². The highest BCUT2D eigenvalue weighted by Crippen LogP contribution is 2.37. The Labute approximate surface area is 152 Å². The summed E-state index contributed by atoms with van der Waals surface area (Å²) in [6, 6.07) is 4.05. The van der Waals surface area contributed by atoms with Crippen molar-refractivity contribution in [1.29, 1.82) is 0 Å². The molecule has 24 heavy (non-hydrogen) atoms. The number of carbonyl (C=O) groups is 1. The first-order valence-electron chi connectivity index (χ1n) is 9.08. The Morgan fingerprint density at radius 2 is 1.92 bits per heavy atom. The molecule has 1 aromatic carbocycles. The summed E-state index contributed by atoms with van der Waals surface area (Å²) in [5.41, 5.74) is 2.31. The van der Waals surface area contributed by atoms with Crippen molar-refractivity contribution in [1.82, 2.24) is 5.32 Å². The van der Waals surface area contributed by atoms with Gasteiger partial charge in [0.25, 0.3) is 0 Å². The zero-order valence-electron chi connectivity index (χ0n) is 14.0. The molecule has 1 unspecified atom stereocenters. The van der Waals surface area contributed by atoms with Gasteiger partial charge in [-0.05, 0) is 77.2 Å². The van der Waals surface area contributed by atoms with E-state index in [1.54, 1.807) is 0 Å². The Kier molecular flexibility index (Phi) is 6.04. The molecular formula is C19H26BrNO3. The SMILES string of the molecule is O=C(O)NC1CCCCc2cc(OCC3CCCCC3)c(Br)cc21. The van der Waals surface area contributed by atoms with Crippen LogP contribution in [0.25, 0.3) is 0 Å². The molecule has 2 N–H and O–H groups in total. The van der Waals surface area contributed by atoms with Gasteiger partial charge in [0, 0.05) is 0 Å². The second-order valence-electron chi connectivity index (χ2n) is 7.04. The zero-order chi connectivity index (χ0) is 16.9. The molecule has 0 heterocycles. The molecule has 5 heteroatoms. The summed E-state index contributed by atoms with van der Waals surface area (Å²) in [6.07, 6.45) is 9.56. The number of rotatable bonds is 4. The Morgan fingerprint density at radius 1 is 1.17 bits per heavy atom. The summed E-state index contributed by atoms with van der Waals surface area (Å²) in [5, 5.41) is 11.8. The Morgan fingerprint density at radius 3 is 2.67 bits per heavy atom. The van der Waals surface area contributed by atoms with Gasteiger partial charge in [-0.2, -0.15) is 0 Å². The predicted molar refractivity (Wildman–Crippen MR) is 97.7 cm³/mol. The quantitative estimate of drug-likeness (QED) is 0.666. The minimum absolute atomic E-state index is 0.122. The van der Waals surface area contributed by atoms with Crippen molar-refractivity contribution in [2.75, 3.05) is 6.61 Å². The molecule has 0 bridgehead atoms. The van der Waals surface area contributed by atoms with Crippen molar-refractivity contribution in [3.05, 3.63) is 27.7 Å². The van der Waals surface area contributed by atoms with Crippen molar-refractivity contribution < 1.29 is 14.6 Å². The van der Waals surface area contributed by atoms with Gasteiger partial charge in [0.1, 0.15) is 5.75 Å². The normalized spacial score (nSPS) is 21.6. The van der Waals surface area contributed by atoms with E-state index in [1.165, 1.54) is 37.7 Å². The molecule has 132 valence electrons. The van der Waals surface area contributed by atoms with Crippen LogP contribution in [0.1, 0.15) is 68.5 Å². The second kappa shape index (κ2) is 8.24. The minimum atomic E-state index is -0.957. The van der Waals surface area contributed by atoms with Crippen molar-refractivity contribution in [3.8, 4) is 5.75 Å². The summed E-state index contributed by atoms with van der Waals surface area (Å²) in [4.78, 5) is 11.1. The zero-order valence-corrected chi connectivity index (χ0v) is 15.6. The molecule has 0 spiro atoms. The molecule has 2 aliphatic carbocycles. The van der Waals surface area contributed by atoms with E-state index in [-0.39, 0.29) is 6.04 Å². The molecule has 1 saturated carbocycles. The van der Waals surface area contributed by atoms with Gasteiger partial charge < -0.3 is 15.2 Å². The number of amides is 1. The maximum Gasteiger partial charge on any atom is 0.405 e. The van der Waals surface area contributed by atoms with Crippen LogP contribution >= 0.6 is 15.9 Å². The van der Waals surface area contributed by atoms with Crippen molar-refractivity contribution >= 4 is 22.0 Å². The van der Waals surface area contributed by atoms with E-state index < -0.39 is 6.09 Å². The number of aryl methyl sites for hydroxylation is 1. The third kappa shape index (κ3) is 4.44. The maximum absolute atomic E-state index is 11.1. The summed E-state index contributed by atoms with van der Waals surface area (Å²) >= 11 is 3.62. The Bertz CT molecular complexity index is 584. The second-order valence-corrected chi connectivity index (χ2v) is 7.90. The molecule has 0 aromatic heterocycles. The molecular weight excluding hydrogens is 370 g/mol. The minimum Gasteiger partial charge on any atom is -0.492 e. The van der Waals surface area contributed by atoms with Gasteiger partial charge in [0.05, 0.1) is 17.1 Å². The maximum atomic E-state index is 11.1. The highest BCUT2D eigenvalue weighted by atomic mass is 79.9. The first-order chi connectivity index (χ1) is 11.6. The molecule has 1 fully saturated rings. The van der Waals surface area contributed by atoms with Crippen LogP contribution in [0.3, 0.4) is 0 Å². The highest BCUT2D eigenvalue weighted by Gasteiger charge is 2.23. The number of carboxylic acid groups (broad SMARTS) is 1. The largest absolute Gasteiger partial charge is 0.492 e. The molecule has 1 amide bonds. The van der Waals surface area contributed by atoms with Gasteiger partial charge >= 0.3 is 6.09 Å². The van der Waals surface area contributed by atoms with Gasteiger partial charge in [0.2, 0.25) is 0 Å². The van der Waals surface area contributed by atoms with Crippen molar-refractivity contribution in [3.63, 3.8) is 0 Å². The Balaban J connectivity index is 1.75. The topological polar surface area (TPSA) is 58.6 Å². The molecule has 0 radical (unpaired) electrons. The van der Waals surface area contributed by atoms with Crippen LogP contribution in [0, 0.1) is 5.92 Å². The third-order valence-corrected chi connectivity index (χ3v) is 5.87. The van der Waals surface area contributed by atoms with E-state index in [9.17, 15) is 4.79 Å². The lowest BCUT2D eigenvalue weighted by atomic mass is 9.90. The fraction of sp³-hybridized carbons (Fsp3) is 0.632. The van der Waals surface area contributed by atoms with Crippen LogP contribution in [0.2, 0.25) is 0 Å². The molecule has 0 saturated heterocycles. The lowest BCUT2D eigenvalue weighted by Crippen LogP contribution is -2.27. The molecule has 1 atom stereocenters. The molecule has 0 aliphatic heterocycles. The van der Waals surface area contributed by atoms with E-state index in [4.69, 9.17) is 9.84 Å². The summed E-state index contributed by atoms with van der Waals surface area (Å²) in [5.74, 6) is 1.57. The fourth-order valence-electron chi connectivity index (χ4n) is 3.94. The Hall–Kier alpha value is -1.23. The first-order valence-corrected chi connectivity index (χ1v) is 9.87. The number of benzene rings is 1. The van der Waals surface area contributed by atoms with Crippen molar-refractivity contribution in [2.24, 2.45) is 5.92 Å². The smallest absolute Gasteiger partial charge is 0.405 e. The van der Waals surface area contributed by atoms with E-state index in [2.05, 4.69) is 33.4 Å². The predicted octanol–water partition coefficient (Wildman–Crippen LogP) is 5.44. The van der Waals surface area contributed by atoms with Gasteiger partial charge in [-0.25, -0.2) is 4.79 Å². The first kappa shape index (κ1) is 17.6. The number of hydrogen-bond donors (Lipinski definition) is 2. The van der Waals surface area contributed by atoms with Gasteiger partial charge in [0.15, 0.2) is 0 Å². The molecule has 3 rings (SSSR count). The standard InChI is InChI=1S/C19H26BrNO3/c20-16-11-15-14(8-4-5-9-17(15)21-19(22)23)10-18(16)24-12-13-6-2-1-3-7-13/h10-11,13,17,21H,1-9,12H2,(H,22,23). The van der Waals surface area contributed by atoms with Crippen LogP contribution < -0.4 is 10.1 Å². The average molecular weight is 396 g/mol. The van der Waals surface area contributed by atoms with Crippen molar-refractivity contribution in [2.45, 2.75) is 63.8 Å². The van der Waals surface area contributed by atoms with Gasteiger partial charge in [-0.1, -0.05) is 25.7 Å². The summed E-state index contributed by atoms with van der Waals surface area (Å²) in [6.45, 7) is 0.786. The number of ether oxygens (including phenoxy) is 1. The van der Waals surface area contributed by atoms with Gasteiger partial charge in [-0.15, -0.1) is 0 Å². The molecule has 4 nitrogen and oxygen atoms in total. The number of hydrogen-bond acceptors (Lipinski definition) is 2. The molecule has 2 aliphatic rings. The van der Waals surface area contributed by atoms with Gasteiger partial charge in [-0.3, -0.25) is 0 Å². The van der Waals surface area contributed by atoms with Crippen LogP contribution in [0.4, 0.5) is 4.79 Å². The third-order valence-electron chi connectivity index (χ3n) is 5.26. The van der Waals surface area contributed by atoms with Crippen LogP contribution in [0.5, 0.6) is 5.75 Å². The van der Waals surface area contributed by atoms with E-state index >= 15 is 0 Å². The monoisotopic (exact) mass is 395 g/mol. The summed E-state index contributed by atoms with van der Waals surface area (Å²) < 4.78 is 7.04. The number of nitrogens with one attached hydrogen (secondary N) is 1. The number of halogens is 1. The van der Waals surface area contributed by atoms with Crippen LogP contribution in [-0.4, -0.2) is 17.8 Å². The molecule has 1 aromatic rings. The lowest BCUT2D eigenvalue weighted by molar-refractivity contribution is 0.189. The lowest BCUT2D eigenvalue weighted by Gasteiger charge is -2.23. The fourth-order valence-corrected chi connectivity index (χ4v) is 4.42. The number of fused-ring (bicyclic) bond motifs is 1. The van der Waals surface area contributed by atoms with E-state index in [0.29, 0.717) is 5.92 Å². The summed E-state index contributed by atoms with van der Waals surface area (Å²) in [7, 11) is 0. The van der Waals surface area contributed by atoms with E-state index in [0.717, 1.165) is 48.1 Å². The van der Waals surface area contributed by atoms with E-state index in [1.807, 2.05) is 0 Å². The highest BCUT2D eigenvalue weighted by molar-refractivity contribution is 9.10.